The zero-order valence-electron chi connectivity index (χ0n) is 24.6. The summed E-state index contributed by atoms with van der Waals surface area (Å²) < 4.78 is 28.0. The number of nitrogens with zero attached hydrogens (tertiary/aromatic N) is 3. The van der Waals surface area contributed by atoms with Gasteiger partial charge in [-0.3, -0.25) is 4.79 Å². The zero-order chi connectivity index (χ0) is 29.7. The number of benzene rings is 3. The highest BCUT2D eigenvalue weighted by molar-refractivity contribution is 7.90. The highest BCUT2D eigenvalue weighted by atomic mass is 32.2. The first-order chi connectivity index (χ1) is 20.2. The van der Waals surface area contributed by atoms with Crippen molar-refractivity contribution in [1.82, 2.24) is 14.7 Å². The van der Waals surface area contributed by atoms with Gasteiger partial charge in [0.2, 0.25) is 5.91 Å². The molecule has 0 fully saturated rings. The average Bonchev–Trinajstić information content (AvgIpc) is 2.99. The Hall–Kier alpha value is -4.04. The number of fused-ring (bicyclic) bond motifs is 1. The number of carbonyl (C=O) groups is 1. The van der Waals surface area contributed by atoms with Crippen LogP contribution in [0.25, 0.3) is 22.5 Å². The summed E-state index contributed by atoms with van der Waals surface area (Å²) in [6.07, 6.45) is 5.59. The number of aromatic nitrogens is 2. The molecular formula is C34H38N4O3S. The van der Waals surface area contributed by atoms with E-state index in [9.17, 15) is 13.2 Å². The third kappa shape index (κ3) is 6.71. The van der Waals surface area contributed by atoms with Crippen molar-refractivity contribution in [2.24, 2.45) is 0 Å². The molecule has 0 unspecified atom stereocenters. The van der Waals surface area contributed by atoms with Crippen LogP contribution < -0.4 is 9.62 Å². The van der Waals surface area contributed by atoms with Crippen LogP contribution in [-0.4, -0.2) is 30.8 Å². The van der Waals surface area contributed by atoms with Gasteiger partial charge in [0.05, 0.1) is 22.0 Å². The van der Waals surface area contributed by atoms with E-state index in [2.05, 4.69) is 78.9 Å². The number of hydrogen-bond donors (Lipinski definition) is 1. The molecule has 8 heteroatoms. The van der Waals surface area contributed by atoms with Gasteiger partial charge < -0.3 is 4.90 Å². The third-order valence-electron chi connectivity index (χ3n) is 7.61. The summed E-state index contributed by atoms with van der Waals surface area (Å²) >= 11 is 0. The van der Waals surface area contributed by atoms with Crippen LogP contribution in [0.4, 0.5) is 11.5 Å². The summed E-state index contributed by atoms with van der Waals surface area (Å²) in [5, 5.41) is 0. The lowest BCUT2D eigenvalue weighted by molar-refractivity contribution is -0.119. The molecule has 1 amide bonds. The molecule has 0 saturated heterocycles. The van der Waals surface area contributed by atoms with Gasteiger partial charge in [0, 0.05) is 29.8 Å². The zero-order valence-corrected chi connectivity index (χ0v) is 25.4. The van der Waals surface area contributed by atoms with Crippen molar-refractivity contribution in [3.05, 3.63) is 89.6 Å². The van der Waals surface area contributed by atoms with Gasteiger partial charge in [-0.2, -0.15) is 0 Å². The van der Waals surface area contributed by atoms with Crippen LogP contribution in [0.15, 0.2) is 77.7 Å². The van der Waals surface area contributed by atoms with E-state index in [1.807, 2.05) is 0 Å². The Morgan fingerprint density at radius 3 is 2.00 bits per heavy atom. The van der Waals surface area contributed by atoms with Crippen molar-refractivity contribution in [3.8, 4) is 22.5 Å². The van der Waals surface area contributed by atoms with E-state index < -0.39 is 15.9 Å². The number of anilines is 2. The monoisotopic (exact) mass is 582 g/mol. The minimum atomic E-state index is -3.94. The van der Waals surface area contributed by atoms with Gasteiger partial charge in [-0.05, 0) is 57.4 Å². The van der Waals surface area contributed by atoms with Crippen LogP contribution in [0.2, 0.25) is 0 Å². The Kier molecular flexibility index (Phi) is 9.02. The Morgan fingerprint density at radius 2 is 1.40 bits per heavy atom. The van der Waals surface area contributed by atoms with Crippen LogP contribution in [0.3, 0.4) is 0 Å². The normalized spacial score (nSPS) is 13.1. The lowest BCUT2D eigenvalue weighted by Gasteiger charge is -2.30. The predicted octanol–water partition coefficient (Wildman–Crippen LogP) is 7.29. The van der Waals surface area contributed by atoms with Crippen LogP contribution in [0, 0.1) is 13.8 Å². The van der Waals surface area contributed by atoms with E-state index in [4.69, 9.17) is 9.97 Å². The highest BCUT2D eigenvalue weighted by Gasteiger charge is 2.26. The molecule has 0 spiro atoms. The number of carbonyl (C=O) groups excluding carboxylic acids is 1. The Labute approximate surface area is 249 Å². The van der Waals surface area contributed by atoms with E-state index in [-0.39, 0.29) is 11.3 Å². The predicted molar refractivity (Wildman–Crippen MR) is 168 cm³/mol. The number of rotatable bonds is 10. The molecule has 3 aromatic carbocycles. The van der Waals surface area contributed by atoms with Gasteiger partial charge in [-0.15, -0.1) is 0 Å². The molecule has 218 valence electrons. The maximum absolute atomic E-state index is 12.9. The molecule has 1 aliphatic rings. The molecule has 0 saturated carbocycles. The maximum atomic E-state index is 12.9. The minimum Gasteiger partial charge on any atom is -0.325 e. The van der Waals surface area contributed by atoms with Crippen molar-refractivity contribution < 1.29 is 13.2 Å². The van der Waals surface area contributed by atoms with Crippen LogP contribution >= 0.6 is 0 Å². The molecule has 0 bridgehead atoms. The fourth-order valence-electron chi connectivity index (χ4n) is 5.21. The van der Waals surface area contributed by atoms with Crippen molar-refractivity contribution in [2.75, 3.05) is 11.4 Å². The second kappa shape index (κ2) is 12.9. The number of aryl methyl sites for hydroxylation is 3. The van der Waals surface area contributed by atoms with E-state index in [1.54, 1.807) is 24.3 Å². The van der Waals surface area contributed by atoms with Crippen molar-refractivity contribution >= 4 is 27.4 Å². The van der Waals surface area contributed by atoms with Gasteiger partial charge in [-0.25, -0.2) is 23.1 Å². The molecule has 42 heavy (non-hydrogen) atoms. The van der Waals surface area contributed by atoms with E-state index in [0.717, 1.165) is 78.4 Å². The standard InChI is InChI=1S/C34H38N4O3S/c1-4-5-6-7-10-31(39)37-42(40,41)29-21-19-28(20-22-29)38-23-8-9-30-34(38)36-33(27-17-13-25(3)14-18-27)32(35-30)26-15-11-24(2)12-16-26/h11-22H,4-10,23H2,1-3H3,(H,37,39). The number of amides is 1. The largest absolute Gasteiger partial charge is 0.325 e. The van der Waals surface area contributed by atoms with Crippen molar-refractivity contribution in [1.29, 1.82) is 0 Å². The molecule has 5 rings (SSSR count). The Balaban J connectivity index is 1.45. The smallest absolute Gasteiger partial charge is 0.264 e. The minimum absolute atomic E-state index is 0.0616. The van der Waals surface area contributed by atoms with E-state index in [0.29, 0.717) is 6.42 Å². The van der Waals surface area contributed by atoms with Crippen molar-refractivity contribution in [2.45, 2.75) is 70.6 Å². The fourth-order valence-corrected chi connectivity index (χ4v) is 6.22. The third-order valence-corrected chi connectivity index (χ3v) is 9.00. The molecule has 1 N–H and O–H groups in total. The van der Waals surface area contributed by atoms with Gasteiger partial charge >= 0.3 is 0 Å². The molecule has 1 aromatic heterocycles. The molecule has 1 aliphatic heterocycles. The molecule has 2 heterocycles. The molecule has 4 aromatic rings. The van der Waals surface area contributed by atoms with Gasteiger partial charge in [-0.1, -0.05) is 85.8 Å². The SMILES string of the molecule is CCCCCCC(=O)NS(=O)(=O)c1ccc(N2CCCc3nc(-c4ccc(C)cc4)c(-c4ccc(C)cc4)nc32)cc1. The first kappa shape index (κ1) is 29.5. The van der Waals surface area contributed by atoms with Crippen LogP contribution in [0.1, 0.15) is 62.3 Å². The Morgan fingerprint density at radius 1 is 0.810 bits per heavy atom. The lowest BCUT2D eigenvalue weighted by Crippen LogP contribution is -2.30. The average molecular weight is 583 g/mol. The molecule has 7 nitrogen and oxygen atoms in total. The fraction of sp³-hybridized carbons (Fsp3) is 0.324. The number of hydrogen-bond acceptors (Lipinski definition) is 6. The van der Waals surface area contributed by atoms with Gasteiger partial charge in [0.1, 0.15) is 0 Å². The lowest BCUT2D eigenvalue weighted by atomic mass is 10.0. The first-order valence-electron chi connectivity index (χ1n) is 14.7. The first-order valence-corrected chi connectivity index (χ1v) is 16.2. The summed E-state index contributed by atoms with van der Waals surface area (Å²) in [6, 6.07) is 23.3. The highest BCUT2D eigenvalue weighted by Crippen LogP contribution is 2.37. The molecular weight excluding hydrogens is 544 g/mol. The van der Waals surface area contributed by atoms with Gasteiger partial charge in [0.15, 0.2) is 5.82 Å². The summed E-state index contributed by atoms with van der Waals surface area (Å²) in [4.78, 5) is 24.8. The number of nitrogens with one attached hydrogen (secondary N) is 1. The Bertz CT molecular complexity index is 1650. The summed E-state index contributed by atoms with van der Waals surface area (Å²) in [6.45, 7) is 6.96. The van der Waals surface area contributed by atoms with E-state index in [1.165, 1.54) is 11.1 Å². The van der Waals surface area contributed by atoms with Gasteiger partial charge in [0.25, 0.3) is 10.0 Å². The van der Waals surface area contributed by atoms with Crippen LogP contribution in [0.5, 0.6) is 0 Å². The summed E-state index contributed by atoms with van der Waals surface area (Å²) in [5.41, 5.74) is 7.77. The topological polar surface area (TPSA) is 92.3 Å². The van der Waals surface area contributed by atoms with E-state index >= 15 is 0 Å². The maximum Gasteiger partial charge on any atom is 0.264 e. The quantitative estimate of drug-likeness (QED) is 0.198. The number of sulfonamides is 1. The van der Waals surface area contributed by atoms with Crippen LogP contribution in [-0.2, 0) is 21.2 Å². The summed E-state index contributed by atoms with van der Waals surface area (Å²) in [5.74, 6) is 0.312. The summed E-state index contributed by atoms with van der Waals surface area (Å²) in [7, 11) is -3.94. The molecule has 0 radical (unpaired) electrons. The van der Waals surface area contributed by atoms with Crippen molar-refractivity contribution in [3.63, 3.8) is 0 Å². The molecule has 0 aliphatic carbocycles. The molecule has 0 atom stereocenters. The second-order valence-electron chi connectivity index (χ2n) is 11.0. The second-order valence-corrected chi connectivity index (χ2v) is 12.7. The number of unbranched alkanes of at least 4 members (excludes halogenated alkanes) is 3.